The van der Waals surface area contributed by atoms with Crippen molar-refractivity contribution in [3.05, 3.63) is 29.8 Å². The molecule has 0 saturated carbocycles. The van der Waals surface area contributed by atoms with Crippen molar-refractivity contribution in [1.29, 1.82) is 5.26 Å². The number of benzene rings is 1. The molecule has 17 heavy (non-hydrogen) atoms. The molecule has 0 aromatic heterocycles. The highest BCUT2D eigenvalue weighted by Gasteiger charge is 2.15. The average molecular weight is 234 g/mol. The molecule has 1 fully saturated rings. The molecule has 0 amide bonds. The highest BCUT2D eigenvalue weighted by atomic mass is 16.7. The van der Waals surface area contributed by atoms with E-state index in [1.54, 1.807) is 0 Å². The second-order valence-electron chi connectivity index (χ2n) is 3.62. The summed E-state index contributed by atoms with van der Waals surface area (Å²) in [6.45, 7) is 1.57. The van der Waals surface area contributed by atoms with Gasteiger partial charge in [0.2, 0.25) is 0 Å². The minimum absolute atomic E-state index is 0.287. The lowest BCUT2D eigenvalue weighted by molar-refractivity contribution is -0.0850. The van der Waals surface area contributed by atoms with Gasteiger partial charge in [-0.25, -0.2) is 0 Å². The van der Waals surface area contributed by atoms with Crippen molar-refractivity contribution in [3.8, 4) is 6.07 Å². The van der Waals surface area contributed by atoms with Crippen LogP contribution in [0.4, 0.5) is 5.69 Å². The molecule has 2 rings (SSSR count). The molecule has 1 aliphatic rings. The van der Waals surface area contributed by atoms with Gasteiger partial charge in [-0.05, 0) is 17.7 Å². The third kappa shape index (κ3) is 3.71. The smallest absolute Gasteiger partial charge is 0.183 e. The molecule has 1 saturated heterocycles. The minimum Gasteiger partial charge on any atom is -0.348 e. The number of hydrogen-bond donors (Lipinski definition) is 1. The summed E-state index contributed by atoms with van der Waals surface area (Å²) in [6.07, 6.45) is 0.106. The third-order valence-electron chi connectivity index (χ3n) is 2.31. The van der Waals surface area contributed by atoms with Crippen LogP contribution in [-0.4, -0.2) is 26.1 Å². The second kappa shape index (κ2) is 6.21. The molecule has 0 bridgehead atoms. The van der Waals surface area contributed by atoms with Crippen LogP contribution in [0.3, 0.4) is 0 Å². The Kier molecular flexibility index (Phi) is 4.33. The molecule has 1 aromatic carbocycles. The van der Waals surface area contributed by atoms with Crippen molar-refractivity contribution in [3.63, 3.8) is 0 Å². The Balaban J connectivity index is 1.77. The maximum atomic E-state index is 8.60. The number of nitrogens with zero attached hydrogens (tertiary/aromatic N) is 1. The molecule has 5 heteroatoms. The molecule has 0 spiro atoms. The zero-order valence-electron chi connectivity index (χ0n) is 9.39. The Hall–Kier alpha value is -1.61. The fourth-order valence-electron chi connectivity index (χ4n) is 1.53. The summed E-state index contributed by atoms with van der Waals surface area (Å²) < 4.78 is 10.4. The van der Waals surface area contributed by atoms with E-state index >= 15 is 0 Å². The number of hydrogen-bond acceptors (Lipinski definition) is 5. The van der Waals surface area contributed by atoms with E-state index in [0.717, 1.165) is 11.3 Å². The first-order valence-electron chi connectivity index (χ1n) is 5.45. The van der Waals surface area contributed by atoms with Gasteiger partial charge >= 0.3 is 0 Å². The Morgan fingerprint density at radius 1 is 1.41 bits per heavy atom. The molecule has 0 aliphatic carbocycles. The van der Waals surface area contributed by atoms with E-state index in [4.69, 9.17) is 19.6 Å². The number of ether oxygens (including phenoxy) is 2. The summed E-state index contributed by atoms with van der Waals surface area (Å²) in [5.41, 5.74) is 4.57. The van der Waals surface area contributed by atoms with Crippen molar-refractivity contribution in [2.45, 2.75) is 12.7 Å². The van der Waals surface area contributed by atoms with E-state index in [1.165, 1.54) is 0 Å². The van der Waals surface area contributed by atoms with Crippen LogP contribution < -0.4 is 5.48 Å². The lowest BCUT2D eigenvalue weighted by Crippen LogP contribution is -2.18. The molecule has 1 N–H and O–H groups in total. The normalized spacial score (nSPS) is 15.7. The molecule has 1 aromatic rings. The average Bonchev–Trinajstić information content (AvgIpc) is 2.83. The van der Waals surface area contributed by atoms with Crippen LogP contribution in [-0.2, 0) is 20.7 Å². The second-order valence-corrected chi connectivity index (χ2v) is 3.62. The maximum absolute atomic E-state index is 8.60. The van der Waals surface area contributed by atoms with Gasteiger partial charge < -0.3 is 9.47 Å². The van der Waals surface area contributed by atoms with Gasteiger partial charge in [0.15, 0.2) is 6.29 Å². The van der Waals surface area contributed by atoms with Crippen molar-refractivity contribution in [1.82, 2.24) is 0 Å². The Morgan fingerprint density at radius 3 is 3.00 bits per heavy atom. The molecule has 0 atom stereocenters. The van der Waals surface area contributed by atoms with E-state index in [-0.39, 0.29) is 6.29 Å². The molecule has 90 valence electrons. The zero-order valence-corrected chi connectivity index (χ0v) is 9.39. The van der Waals surface area contributed by atoms with Gasteiger partial charge in [-0.15, -0.1) is 0 Å². The third-order valence-corrected chi connectivity index (χ3v) is 2.31. The van der Waals surface area contributed by atoms with E-state index in [0.29, 0.717) is 26.2 Å². The Bertz CT molecular complexity index is 397. The Morgan fingerprint density at radius 2 is 2.24 bits per heavy atom. The monoisotopic (exact) mass is 234 g/mol. The van der Waals surface area contributed by atoms with Crippen LogP contribution in [0.15, 0.2) is 24.3 Å². The number of rotatable bonds is 5. The molecule has 1 heterocycles. The predicted molar refractivity (Wildman–Crippen MR) is 61.0 cm³/mol. The molecule has 5 nitrogen and oxygen atoms in total. The molecule has 0 radical (unpaired) electrons. The van der Waals surface area contributed by atoms with Crippen LogP contribution in [0.5, 0.6) is 0 Å². The van der Waals surface area contributed by atoms with E-state index in [1.807, 2.05) is 24.3 Å². The van der Waals surface area contributed by atoms with Crippen molar-refractivity contribution >= 4 is 5.69 Å². The largest absolute Gasteiger partial charge is 0.348 e. The fraction of sp³-hybridized carbons (Fsp3) is 0.417. The maximum Gasteiger partial charge on any atom is 0.183 e. The highest BCUT2D eigenvalue weighted by Crippen LogP contribution is 2.11. The van der Waals surface area contributed by atoms with Crippen LogP contribution >= 0.6 is 0 Å². The summed E-state index contributed by atoms with van der Waals surface area (Å²) in [4.78, 5) is 5.25. The van der Waals surface area contributed by atoms with Crippen molar-refractivity contribution in [2.75, 3.05) is 25.3 Å². The van der Waals surface area contributed by atoms with Crippen LogP contribution in [0.2, 0.25) is 0 Å². The van der Waals surface area contributed by atoms with Gasteiger partial charge in [0.05, 0.1) is 31.4 Å². The van der Waals surface area contributed by atoms with E-state index in [9.17, 15) is 0 Å². The summed E-state index contributed by atoms with van der Waals surface area (Å²) >= 11 is 0. The summed E-state index contributed by atoms with van der Waals surface area (Å²) in [6, 6.07) is 9.63. The van der Waals surface area contributed by atoms with Gasteiger partial charge in [-0.3, -0.25) is 10.3 Å². The van der Waals surface area contributed by atoms with Crippen LogP contribution in [0.1, 0.15) is 5.56 Å². The van der Waals surface area contributed by atoms with E-state index in [2.05, 4.69) is 11.5 Å². The molecular formula is C12H14N2O3. The highest BCUT2D eigenvalue weighted by molar-refractivity contribution is 5.44. The predicted octanol–water partition coefficient (Wildman–Crippen LogP) is 1.47. The van der Waals surface area contributed by atoms with E-state index < -0.39 is 0 Å². The van der Waals surface area contributed by atoms with Gasteiger partial charge in [0, 0.05) is 0 Å². The SMILES string of the molecule is N#CCc1cccc(NOCC2OCCO2)c1. The summed E-state index contributed by atoms with van der Waals surface area (Å²) in [5, 5.41) is 8.60. The number of nitriles is 1. The quantitative estimate of drug-likeness (QED) is 0.781. The fourth-order valence-corrected chi connectivity index (χ4v) is 1.53. The van der Waals surface area contributed by atoms with Crippen molar-refractivity contribution in [2.24, 2.45) is 0 Å². The van der Waals surface area contributed by atoms with Gasteiger partial charge in [0.1, 0.15) is 6.61 Å². The van der Waals surface area contributed by atoms with Gasteiger partial charge in [0.25, 0.3) is 0 Å². The first kappa shape index (κ1) is 11.9. The van der Waals surface area contributed by atoms with Gasteiger partial charge in [-0.1, -0.05) is 12.1 Å². The Labute approximate surface area is 99.9 Å². The molecular weight excluding hydrogens is 220 g/mol. The first-order chi connectivity index (χ1) is 8.38. The summed E-state index contributed by atoms with van der Waals surface area (Å²) in [7, 11) is 0. The van der Waals surface area contributed by atoms with Crippen LogP contribution in [0, 0.1) is 11.3 Å². The van der Waals surface area contributed by atoms with Crippen LogP contribution in [0.25, 0.3) is 0 Å². The molecule has 1 aliphatic heterocycles. The first-order valence-corrected chi connectivity index (χ1v) is 5.45. The zero-order chi connectivity index (χ0) is 11.9. The van der Waals surface area contributed by atoms with Gasteiger partial charge in [-0.2, -0.15) is 5.26 Å². The lowest BCUT2D eigenvalue weighted by atomic mass is 10.1. The standard InChI is InChI=1S/C12H14N2O3/c13-5-4-10-2-1-3-11(8-10)14-17-9-12-15-6-7-16-12/h1-3,8,12,14H,4,6-7,9H2. The van der Waals surface area contributed by atoms with Crippen molar-refractivity contribution < 1.29 is 14.3 Å². The molecule has 0 unspecified atom stereocenters. The number of anilines is 1. The number of nitrogens with one attached hydrogen (secondary N) is 1. The minimum atomic E-state index is -0.287. The summed E-state index contributed by atoms with van der Waals surface area (Å²) in [5.74, 6) is 0. The topological polar surface area (TPSA) is 63.5 Å². The lowest BCUT2D eigenvalue weighted by Gasteiger charge is -2.11.